The van der Waals surface area contributed by atoms with E-state index in [4.69, 9.17) is 0 Å². The fourth-order valence-corrected chi connectivity index (χ4v) is 3.62. The van der Waals surface area contributed by atoms with E-state index in [-0.39, 0.29) is 17.0 Å². The highest BCUT2D eigenvalue weighted by molar-refractivity contribution is 8.18. The third kappa shape index (κ3) is 3.39. The molecule has 0 radical (unpaired) electrons. The molecule has 2 amide bonds. The van der Waals surface area contributed by atoms with E-state index in [1.165, 1.54) is 28.4 Å². The van der Waals surface area contributed by atoms with Gasteiger partial charge in [0.25, 0.3) is 11.1 Å². The van der Waals surface area contributed by atoms with Gasteiger partial charge in [0.1, 0.15) is 5.82 Å². The zero-order chi connectivity index (χ0) is 15.5. The minimum Gasteiger partial charge on any atom is -0.317 e. The second kappa shape index (κ2) is 6.62. The maximum Gasteiger partial charge on any atom is 0.298 e. The van der Waals surface area contributed by atoms with E-state index in [2.05, 4.69) is 0 Å². The maximum atomic E-state index is 12.9. The van der Waals surface area contributed by atoms with Gasteiger partial charge in [0.05, 0.1) is 18.0 Å². The fraction of sp³-hybridized carbons (Fsp3) is 0.375. The molecule has 4 nitrogen and oxygen atoms in total. The normalized spacial score (nSPS) is 21.9. The number of benzene rings is 1. The molecule has 1 aromatic rings. The lowest BCUT2D eigenvalue weighted by Gasteiger charge is -2.26. The summed E-state index contributed by atoms with van der Waals surface area (Å²) in [7, 11) is 0. The molecule has 0 atom stereocenters. The van der Waals surface area contributed by atoms with Crippen LogP contribution in [-0.2, 0) is 4.79 Å². The second-order valence-corrected chi connectivity index (χ2v) is 6.62. The topological polar surface area (TPSA) is 41.8 Å². The van der Waals surface area contributed by atoms with Gasteiger partial charge in [0, 0.05) is 0 Å². The summed E-state index contributed by atoms with van der Waals surface area (Å²) in [5.74, 6) is -0.559. The number of piperidine rings is 1. The molecule has 2 saturated heterocycles. The molecule has 0 bridgehead atoms. The van der Waals surface area contributed by atoms with Crippen LogP contribution in [0.25, 0.3) is 6.08 Å². The van der Waals surface area contributed by atoms with Gasteiger partial charge in [-0.25, -0.2) is 9.29 Å². The molecule has 2 aliphatic rings. The number of carbonyl (C=O) groups excluding carboxylic acids is 2. The quantitative estimate of drug-likeness (QED) is 0.865. The van der Waals surface area contributed by atoms with E-state index < -0.39 is 0 Å². The van der Waals surface area contributed by atoms with Crippen molar-refractivity contribution in [2.45, 2.75) is 19.3 Å². The lowest BCUT2D eigenvalue weighted by Crippen LogP contribution is -3.14. The van der Waals surface area contributed by atoms with Gasteiger partial charge in [-0.15, -0.1) is 0 Å². The van der Waals surface area contributed by atoms with Gasteiger partial charge in [-0.2, -0.15) is 0 Å². The predicted octanol–water partition coefficient (Wildman–Crippen LogP) is 1.89. The Labute approximate surface area is 133 Å². The first-order chi connectivity index (χ1) is 10.6. The maximum absolute atomic E-state index is 12.9. The first kappa shape index (κ1) is 15.2. The lowest BCUT2D eigenvalue weighted by molar-refractivity contribution is -0.912. The number of thioether (sulfide) groups is 1. The average Bonchev–Trinajstić information content (AvgIpc) is 2.78. The Morgan fingerprint density at radius 1 is 1.14 bits per heavy atom. The molecule has 0 saturated carbocycles. The van der Waals surface area contributed by atoms with E-state index >= 15 is 0 Å². The van der Waals surface area contributed by atoms with Crippen molar-refractivity contribution >= 4 is 29.0 Å². The lowest BCUT2D eigenvalue weighted by atomic mass is 10.1. The van der Waals surface area contributed by atoms with Crippen LogP contribution in [0.4, 0.5) is 9.18 Å². The van der Waals surface area contributed by atoms with Gasteiger partial charge in [0.2, 0.25) is 0 Å². The van der Waals surface area contributed by atoms with E-state index in [1.807, 2.05) is 0 Å². The molecule has 22 heavy (non-hydrogen) atoms. The summed E-state index contributed by atoms with van der Waals surface area (Å²) in [6.45, 7) is 2.48. The van der Waals surface area contributed by atoms with Crippen molar-refractivity contribution in [3.05, 3.63) is 40.6 Å². The Balaban J connectivity index is 1.71. The van der Waals surface area contributed by atoms with Crippen molar-refractivity contribution < 1.29 is 18.9 Å². The van der Waals surface area contributed by atoms with Gasteiger partial charge in [-0.1, -0.05) is 12.1 Å². The molecule has 2 heterocycles. The molecule has 6 heteroatoms. The molecular weight excluding hydrogens is 303 g/mol. The Bertz CT molecular complexity index is 609. The Morgan fingerprint density at radius 3 is 2.50 bits per heavy atom. The number of rotatable bonds is 3. The van der Waals surface area contributed by atoms with Crippen LogP contribution in [0, 0.1) is 5.82 Å². The number of nitrogens with one attached hydrogen (secondary N) is 1. The van der Waals surface area contributed by atoms with Crippen molar-refractivity contribution in [2.75, 3.05) is 19.8 Å². The number of nitrogens with zero attached hydrogens (tertiary/aromatic N) is 1. The van der Waals surface area contributed by atoms with Crippen molar-refractivity contribution in [1.29, 1.82) is 0 Å². The minimum absolute atomic E-state index is 0.212. The summed E-state index contributed by atoms with van der Waals surface area (Å²) >= 11 is 0.961. The number of likely N-dealkylation sites (tertiary alicyclic amines) is 1. The van der Waals surface area contributed by atoms with Crippen LogP contribution in [0.15, 0.2) is 29.2 Å². The van der Waals surface area contributed by atoms with Crippen LogP contribution in [0.5, 0.6) is 0 Å². The van der Waals surface area contributed by atoms with Crippen LogP contribution in [-0.4, -0.2) is 35.8 Å². The van der Waals surface area contributed by atoms with Crippen molar-refractivity contribution in [2.24, 2.45) is 0 Å². The molecular formula is C16H18FN2O2S+. The Morgan fingerprint density at radius 2 is 1.82 bits per heavy atom. The zero-order valence-corrected chi connectivity index (χ0v) is 13.0. The van der Waals surface area contributed by atoms with E-state index in [9.17, 15) is 14.0 Å². The first-order valence-corrected chi connectivity index (χ1v) is 8.29. The molecule has 2 aliphatic heterocycles. The molecule has 0 spiro atoms. The molecule has 116 valence electrons. The highest BCUT2D eigenvalue weighted by Gasteiger charge is 2.37. The van der Waals surface area contributed by atoms with Crippen molar-refractivity contribution in [3.8, 4) is 0 Å². The first-order valence-electron chi connectivity index (χ1n) is 7.48. The third-order valence-electron chi connectivity index (χ3n) is 3.98. The Kier molecular flexibility index (Phi) is 4.59. The number of hydrogen-bond acceptors (Lipinski definition) is 3. The standard InChI is InChI=1S/C16H17FN2O2S/c17-13-6-4-12(5-7-13)10-14-15(20)19(16(21)22-14)11-18-8-2-1-3-9-18/h4-7,10H,1-3,8-9,11H2/p+1/b14-10+. The van der Waals surface area contributed by atoms with Crippen LogP contribution in [0.3, 0.4) is 0 Å². The highest BCUT2D eigenvalue weighted by Crippen LogP contribution is 2.31. The minimum atomic E-state index is -0.320. The van der Waals surface area contributed by atoms with Gasteiger partial charge < -0.3 is 4.90 Å². The van der Waals surface area contributed by atoms with Crippen LogP contribution in [0.2, 0.25) is 0 Å². The highest BCUT2D eigenvalue weighted by atomic mass is 32.2. The Hall–Kier alpha value is -1.66. The molecule has 2 fully saturated rings. The third-order valence-corrected chi connectivity index (χ3v) is 4.89. The van der Waals surface area contributed by atoms with E-state index in [0.29, 0.717) is 11.6 Å². The number of imide groups is 1. The average molecular weight is 321 g/mol. The summed E-state index contributed by atoms with van der Waals surface area (Å²) < 4.78 is 12.9. The van der Waals surface area contributed by atoms with Crippen LogP contribution >= 0.6 is 11.8 Å². The van der Waals surface area contributed by atoms with Crippen LogP contribution < -0.4 is 4.90 Å². The molecule has 0 unspecified atom stereocenters. The smallest absolute Gasteiger partial charge is 0.298 e. The largest absolute Gasteiger partial charge is 0.317 e. The summed E-state index contributed by atoms with van der Waals surface area (Å²) in [5.41, 5.74) is 0.720. The van der Waals surface area contributed by atoms with Crippen molar-refractivity contribution in [1.82, 2.24) is 4.90 Å². The van der Waals surface area contributed by atoms with Gasteiger partial charge in [0.15, 0.2) is 6.67 Å². The molecule has 1 N–H and O–H groups in total. The van der Waals surface area contributed by atoms with Crippen molar-refractivity contribution in [3.63, 3.8) is 0 Å². The summed E-state index contributed by atoms with van der Waals surface area (Å²) in [6, 6.07) is 5.88. The zero-order valence-electron chi connectivity index (χ0n) is 12.2. The second-order valence-electron chi connectivity index (χ2n) is 5.63. The SMILES string of the molecule is O=C1S/C(=C/c2ccc(F)cc2)C(=O)N1C[NH+]1CCCCC1. The van der Waals surface area contributed by atoms with Gasteiger partial charge in [-0.05, 0) is 54.8 Å². The number of amides is 2. The summed E-state index contributed by atoms with van der Waals surface area (Å²) in [4.78, 5) is 27.5. The number of hydrogen-bond donors (Lipinski definition) is 1. The molecule has 0 aromatic heterocycles. The number of carbonyl (C=O) groups is 2. The molecule has 3 rings (SSSR count). The van der Waals surface area contributed by atoms with Gasteiger partial charge in [-0.3, -0.25) is 9.59 Å². The van der Waals surface area contributed by atoms with E-state index in [0.717, 1.165) is 43.3 Å². The van der Waals surface area contributed by atoms with Crippen LogP contribution in [0.1, 0.15) is 24.8 Å². The monoisotopic (exact) mass is 321 g/mol. The molecule has 1 aromatic carbocycles. The predicted molar refractivity (Wildman–Crippen MR) is 83.6 cm³/mol. The molecule has 0 aliphatic carbocycles. The fourth-order valence-electron chi connectivity index (χ4n) is 2.78. The van der Waals surface area contributed by atoms with E-state index in [1.54, 1.807) is 18.2 Å². The summed E-state index contributed by atoms with van der Waals surface area (Å²) in [6.07, 6.45) is 5.18. The number of quaternary nitrogens is 1. The summed E-state index contributed by atoms with van der Waals surface area (Å²) in [5, 5.41) is -0.212. The van der Waals surface area contributed by atoms with Gasteiger partial charge >= 0.3 is 0 Å². The number of halogens is 1.